The zero-order valence-electron chi connectivity index (χ0n) is 9.14. The Hall–Kier alpha value is -1.02. The number of methoxy groups -OCH3 is 2. The van der Waals surface area contributed by atoms with Crippen LogP contribution in [-0.4, -0.2) is 20.3 Å². The summed E-state index contributed by atoms with van der Waals surface area (Å²) in [6.45, 7) is 0. The predicted octanol–water partition coefficient (Wildman–Crippen LogP) is 2.29. The molecule has 1 saturated carbocycles. The normalized spacial score (nSPS) is 45.5. The summed E-state index contributed by atoms with van der Waals surface area (Å²) in [6.07, 6.45) is 12.5. The van der Waals surface area contributed by atoms with Gasteiger partial charge in [-0.25, -0.2) is 0 Å². The summed E-state index contributed by atoms with van der Waals surface area (Å²) in [5, 5.41) is 0. The van der Waals surface area contributed by atoms with Gasteiger partial charge in [-0.15, -0.1) is 0 Å². The molecule has 1 spiro atoms. The molecule has 80 valence electrons. The molecule has 0 aliphatic heterocycles. The number of allylic oxidation sites excluding steroid dienone is 3. The van der Waals surface area contributed by atoms with Crippen LogP contribution in [0.2, 0.25) is 0 Å². The maximum Gasteiger partial charge on any atom is 0.105 e. The van der Waals surface area contributed by atoms with Crippen molar-refractivity contribution in [2.45, 2.75) is 12.5 Å². The number of rotatable bonds is 2. The molecule has 0 radical (unpaired) electrons. The lowest BCUT2D eigenvalue weighted by atomic mass is 9.73. The smallest absolute Gasteiger partial charge is 0.105 e. The SMILES string of the molecule is COC1=CC2CC3C=CC=CC13C2OC. The molecule has 0 aromatic rings. The van der Waals surface area contributed by atoms with Gasteiger partial charge < -0.3 is 9.47 Å². The van der Waals surface area contributed by atoms with E-state index in [1.165, 1.54) is 6.42 Å². The molecule has 0 N–H and O–H groups in total. The molecule has 4 atom stereocenters. The Morgan fingerprint density at radius 1 is 1.33 bits per heavy atom. The van der Waals surface area contributed by atoms with Crippen molar-refractivity contribution >= 4 is 0 Å². The molecule has 0 aromatic heterocycles. The van der Waals surface area contributed by atoms with Crippen LogP contribution in [0.1, 0.15) is 6.42 Å². The summed E-state index contributed by atoms with van der Waals surface area (Å²) in [4.78, 5) is 0. The third-order valence-electron chi connectivity index (χ3n) is 4.09. The second kappa shape index (κ2) is 2.99. The molecular formula is C13H16O2. The van der Waals surface area contributed by atoms with Crippen molar-refractivity contribution < 1.29 is 9.47 Å². The molecule has 2 nitrogen and oxygen atoms in total. The fraction of sp³-hybridized carbons (Fsp3) is 0.538. The highest BCUT2D eigenvalue weighted by atomic mass is 16.5. The third-order valence-corrected chi connectivity index (χ3v) is 4.09. The minimum atomic E-state index is -0.0110. The number of fused-ring (bicyclic) bond motifs is 1. The summed E-state index contributed by atoms with van der Waals surface area (Å²) in [6, 6.07) is 0. The molecule has 1 fully saturated rings. The van der Waals surface area contributed by atoms with Gasteiger partial charge in [0.15, 0.2) is 0 Å². The highest BCUT2D eigenvalue weighted by Crippen LogP contribution is 2.60. The zero-order chi connectivity index (χ0) is 10.5. The molecule has 0 amide bonds. The second-order valence-electron chi connectivity index (χ2n) is 4.57. The molecule has 3 aliphatic rings. The molecule has 0 aromatic carbocycles. The molecule has 0 saturated heterocycles. The van der Waals surface area contributed by atoms with Gasteiger partial charge in [0, 0.05) is 13.0 Å². The van der Waals surface area contributed by atoms with Crippen molar-refractivity contribution in [3.05, 3.63) is 36.1 Å². The lowest BCUT2D eigenvalue weighted by Crippen LogP contribution is -2.36. The van der Waals surface area contributed by atoms with Crippen LogP contribution in [0.5, 0.6) is 0 Å². The van der Waals surface area contributed by atoms with Crippen LogP contribution in [-0.2, 0) is 9.47 Å². The van der Waals surface area contributed by atoms with E-state index in [9.17, 15) is 0 Å². The molecule has 3 aliphatic carbocycles. The lowest BCUT2D eigenvalue weighted by molar-refractivity contribution is 0.0194. The Morgan fingerprint density at radius 3 is 2.93 bits per heavy atom. The number of hydrogen-bond donors (Lipinski definition) is 0. The van der Waals surface area contributed by atoms with Crippen LogP contribution in [0.3, 0.4) is 0 Å². The first kappa shape index (κ1) is 9.22. The molecular weight excluding hydrogens is 188 g/mol. The van der Waals surface area contributed by atoms with Crippen LogP contribution in [0, 0.1) is 17.3 Å². The van der Waals surface area contributed by atoms with Gasteiger partial charge in [-0.2, -0.15) is 0 Å². The van der Waals surface area contributed by atoms with Gasteiger partial charge in [0.1, 0.15) is 5.76 Å². The molecule has 15 heavy (non-hydrogen) atoms. The third kappa shape index (κ3) is 0.932. The fourth-order valence-electron chi connectivity index (χ4n) is 3.56. The highest BCUT2D eigenvalue weighted by molar-refractivity contribution is 5.40. The summed E-state index contributed by atoms with van der Waals surface area (Å²) in [5.41, 5.74) is -0.0110. The van der Waals surface area contributed by atoms with Gasteiger partial charge in [0.2, 0.25) is 0 Å². The maximum atomic E-state index is 5.67. The van der Waals surface area contributed by atoms with E-state index in [-0.39, 0.29) is 11.5 Å². The quantitative estimate of drug-likeness (QED) is 0.687. The van der Waals surface area contributed by atoms with Gasteiger partial charge >= 0.3 is 0 Å². The summed E-state index contributed by atoms with van der Waals surface area (Å²) in [5.74, 6) is 2.16. The fourth-order valence-corrected chi connectivity index (χ4v) is 3.56. The highest BCUT2D eigenvalue weighted by Gasteiger charge is 2.60. The largest absolute Gasteiger partial charge is 0.500 e. The van der Waals surface area contributed by atoms with Crippen molar-refractivity contribution in [2.75, 3.05) is 14.2 Å². The van der Waals surface area contributed by atoms with Crippen molar-refractivity contribution in [1.82, 2.24) is 0 Å². The average molecular weight is 204 g/mol. The van der Waals surface area contributed by atoms with Crippen LogP contribution < -0.4 is 0 Å². The van der Waals surface area contributed by atoms with Gasteiger partial charge in [0.05, 0.1) is 18.6 Å². The van der Waals surface area contributed by atoms with Crippen molar-refractivity contribution in [1.29, 1.82) is 0 Å². The van der Waals surface area contributed by atoms with E-state index in [1.807, 2.05) is 0 Å². The minimum absolute atomic E-state index is 0.0110. The van der Waals surface area contributed by atoms with E-state index in [1.54, 1.807) is 14.2 Å². The summed E-state index contributed by atoms with van der Waals surface area (Å²) in [7, 11) is 3.57. The van der Waals surface area contributed by atoms with Gasteiger partial charge in [-0.3, -0.25) is 0 Å². The maximum absolute atomic E-state index is 5.67. The minimum Gasteiger partial charge on any atom is -0.500 e. The molecule has 4 unspecified atom stereocenters. The van der Waals surface area contributed by atoms with E-state index in [4.69, 9.17) is 9.47 Å². The first-order valence-electron chi connectivity index (χ1n) is 5.48. The van der Waals surface area contributed by atoms with Crippen LogP contribution >= 0.6 is 0 Å². The number of hydrogen-bond acceptors (Lipinski definition) is 2. The second-order valence-corrected chi connectivity index (χ2v) is 4.57. The zero-order valence-corrected chi connectivity index (χ0v) is 9.14. The van der Waals surface area contributed by atoms with Crippen LogP contribution in [0.25, 0.3) is 0 Å². The van der Waals surface area contributed by atoms with E-state index in [2.05, 4.69) is 30.4 Å². The average Bonchev–Trinajstić information content (AvgIpc) is 2.75. The number of ether oxygens (including phenoxy) is 2. The Morgan fingerprint density at radius 2 is 2.20 bits per heavy atom. The topological polar surface area (TPSA) is 18.5 Å². The van der Waals surface area contributed by atoms with E-state index >= 15 is 0 Å². The van der Waals surface area contributed by atoms with Gasteiger partial charge in [-0.05, 0) is 18.4 Å². The first-order valence-corrected chi connectivity index (χ1v) is 5.48. The Kier molecular flexibility index (Phi) is 1.84. The van der Waals surface area contributed by atoms with Gasteiger partial charge in [-0.1, -0.05) is 24.3 Å². The summed E-state index contributed by atoms with van der Waals surface area (Å²) >= 11 is 0. The Balaban J connectivity index is 2.10. The van der Waals surface area contributed by atoms with E-state index in [0.717, 1.165) is 5.76 Å². The van der Waals surface area contributed by atoms with Crippen molar-refractivity contribution in [3.8, 4) is 0 Å². The van der Waals surface area contributed by atoms with Crippen molar-refractivity contribution in [2.24, 2.45) is 17.3 Å². The molecule has 3 rings (SSSR count). The predicted molar refractivity (Wildman–Crippen MR) is 58.2 cm³/mol. The summed E-state index contributed by atoms with van der Waals surface area (Å²) < 4.78 is 11.2. The van der Waals surface area contributed by atoms with Crippen molar-refractivity contribution in [3.63, 3.8) is 0 Å². The van der Waals surface area contributed by atoms with Crippen LogP contribution in [0.15, 0.2) is 36.1 Å². The Labute approximate surface area is 90.3 Å². The lowest BCUT2D eigenvalue weighted by Gasteiger charge is -2.36. The monoisotopic (exact) mass is 204 g/mol. The molecule has 0 heterocycles. The Bertz CT molecular complexity index is 367. The molecule has 2 heteroatoms. The first-order chi connectivity index (χ1) is 7.32. The van der Waals surface area contributed by atoms with E-state index < -0.39 is 0 Å². The van der Waals surface area contributed by atoms with Crippen LogP contribution in [0.4, 0.5) is 0 Å². The van der Waals surface area contributed by atoms with E-state index in [0.29, 0.717) is 11.8 Å². The standard InChI is InChI=1S/C13H16O2/c1-14-11-8-9-7-10-5-3-4-6-13(10,11)12(9)15-2/h3-6,8-10,12H,7H2,1-2H3. The van der Waals surface area contributed by atoms with Gasteiger partial charge in [0.25, 0.3) is 0 Å². The molecule has 2 bridgehead atoms.